The van der Waals surface area contributed by atoms with Crippen LogP contribution in [0.5, 0.6) is 11.5 Å². The summed E-state index contributed by atoms with van der Waals surface area (Å²) in [5, 5.41) is 3.78. The van der Waals surface area contributed by atoms with Crippen molar-refractivity contribution >= 4 is 22.6 Å². The van der Waals surface area contributed by atoms with Gasteiger partial charge in [0.25, 0.3) is 0 Å². The molecule has 0 bridgehead atoms. The van der Waals surface area contributed by atoms with Gasteiger partial charge in [0.05, 0.1) is 27.0 Å². The molecular weight excluding hydrogens is 476 g/mol. The molecule has 0 fully saturated rings. The summed E-state index contributed by atoms with van der Waals surface area (Å²) in [4.78, 5) is 19.4. The predicted molar refractivity (Wildman–Crippen MR) is 140 cm³/mol. The Labute approximate surface area is 215 Å². The van der Waals surface area contributed by atoms with Crippen molar-refractivity contribution in [3.63, 3.8) is 0 Å². The van der Waals surface area contributed by atoms with Gasteiger partial charge in [0.2, 0.25) is 11.0 Å². The summed E-state index contributed by atoms with van der Waals surface area (Å²) in [7, 11) is 3.22. The molecule has 1 N–H and O–H groups in total. The van der Waals surface area contributed by atoms with E-state index in [0.29, 0.717) is 50.4 Å². The molecule has 0 saturated heterocycles. The maximum Gasteiger partial charge on any atom is 0.221 e. The van der Waals surface area contributed by atoms with Crippen LogP contribution < -0.4 is 19.7 Å². The summed E-state index contributed by atoms with van der Waals surface area (Å²) in [5.74, 6) is 2.92. The van der Waals surface area contributed by atoms with Crippen molar-refractivity contribution < 1.29 is 18.7 Å². The third kappa shape index (κ3) is 7.08. The molecule has 9 heteroatoms. The molecule has 2 aromatic carbocycles. The third-order valence-corrected chi connectivity index (χ3v) is 6.47. The first kappa shape index (κ1) is 25.2. The zero-order chi connectivity index (χ0) is 25.2. The number of amides is 1. The van der Waals surface area contributed by atoms with Crippen LogP contribution in [0.15, 0.2) is 71.3 Å². The first-order chi connectivity index (χ1) is 17.6. The smallest absolute Gasteiger partial charge is 0.221 e. The number of hydrogen-bond donors (Lipinski definition) is 1. The van der Waals surface area contributed by atoms with Crippen LogP contribution in [0.1, 0.15) is 29.1 Å². The van der Waals surface area contributed by atoms with Gasteiger partial charge in [-0.3, -0.25) is 4.79 Å². The minimum absolute atomic E-state index is 0.0195. The lowest BCUT2D eigenvalue weighted by Gasteiger charge is -2.20. The number of furan rings is 1. The van der Waals surface area contributed by atoms with Crippen molar-refractivity contribution in [1.29, 1.82) is 0 Å². The third-order valence-electron chi connectivity index (χ3n) is 5.65. The second-order valence-corrected chi connectivity index (χ2v) is 8.93. The summed E-state index contributed by atoms with van der Waals surface area (Å²) < 4.78 is 20.7. The molecule has 4 rings (SSSR count). The number of aromatic nitrogens is 2. The van der Waals surface area contributed by atoms with Crippen molar-refractivity contribution in [2.45, 2.75) is 25.8 Å². The SMILES string of the molecule is COc1ccc(CCNC(=O)CCN(Cc2ccco2)c2nc(Cc3ccccc3)ns2)cc1OC. The second-order valence-electron chi connectivity index (χ2n) is 8.20. The van der Waals surface area contributed by atoms with Crippen molar-refractivity contribution in [2.75, 3.05) is 32.2 Å². The van der Waals surface area contributed by atoms with E-state index in [9.17, 15) is 4.79 Å². The zero-order valence-corrected chi connectivity index (χ0v) is 21.3. The number of ether oxygens (including phenoxy) is 2. The molecule has 2 aromatic heterocycles. The van der Waals surface area contributed by atoms with Crippen molar-refractivity contribution in [2.24, 2.45) is 0 Å². The van der Waals surface area contributed by atoms with Crippen LogP contribution in [0, 0.1) is 0 Å². The maximum absolute atomic E-state index is 12.6. The first-order valence-corrected chi connectivity index (χ1v) is 12.5. The van der Waals surface area contributed by atoms with Crippen LogP contribution in [-0.2, 0) is 24.2 Å². The van der Waals surface area contributed by atoms with Gasteiger partial charge in [0.15, 0.2) is 11.5 Å². The molecule has 0 aliphatic carbocycles. The summed E-state index contributed by atoms with van der Waals surface area (Å²) in [6.45, 7) is 1.56. The molecule has 0 saturated carbocycles. The van der Waals surface area contributed by atoms with Gasteiger partial charge >= 0.3 is 0 Å². The normalized spacial score (nSPS) is 10.7. The Kier molecular flexibility index (Phi) is 8.93. The van der Waals surface area contributed by atoms with E-state index in [1.165, 1.54) is 11.5 Å². The van der Waals surface area contributed by atoms with Crippen molar-refractivity contribution in [3.05, 3.63) is 89.6 Å². The van der Waals surface area contributed by atoms with Crippen LogP contribution in [0.25, 0.3) is 0 Å². The minimum Gasteiger partial charge on any atom is -0.493 e. The fraction of sp³-hybridized carbons (Fsp3) is 0.296. The van der Waals surface area contributed by atoms with E-state index >= 15 is 0 Å². The molecule has 1 amide bonds. The molecule has 36 heavy (non-hydrogen) atoms. The Bertz CT molecular complexity index is 1230. The molecule has 2 heterocycles. The number of benzene rings is 2. The van der Waals surface area contributed by atoms with E-state index in [0.717, 1.165) is 27.8 Å². The lowest BCUT2D eigenvalue weighted by atomic mass is 10.1. The Hall–Kier alpha value is -3.85. The highest BCUT2D eigenvalue weighted by Gasteiger charge is 2.16. The number of hydrogen-bond acceptors (Lipinski definition) is 8. The number of anilines is 1. The number of rotatable bonds is 13. The summed E-state index contributed by atoms with van der Waals surface area (Å²) >= 11 is 1.34. The molecule has 0 radical (unpaired) electrons. The van der Waals surface area contributed by atoms with E-state index in [1.54, 1.807) is 20.5 Å². The van der Waals surface area contributed by atoms with Gasteiger partial charge in [0, 0.05) is 37.5 Å². The van der Waals surface area contributed by atoms with E-state index in [1.807, 2.05) is 53.4 Å². The Morgan fingerprint density at radius 3 is 2.61 bits per heavy atom. The van der Waals surface area contributed by atoms with Crippen molar-refractivity contribution in [3.8, 4) is 11.5 Å². The molecular formula is C27H30N4O4S. The molecule has 0 unspecified atom stereocenters. The van der Waals surface area contributed by atoms with Gasteiger partial charge in [-0.15, -0.1) is 0 Å². The predicted octanol–water partition coefficient (Wildman–Crippen LogP) is 4.49. The number of carbonyl (C=O) groups excluding carboxylic acids is 1. The standard InChI is InChI=1S/C27H30N4O4S/c1-33-23-11-10-21(17-24(23)34-2)12-14-28-26(32)13-15-31(19-22-9-6-16-35-22)27-29-25(30-36-27)18-20-7-4-3-5-8-20/h3-11,16-17H,12-15,18-19H2,1-2H3,(H,28,32). The van der Waals surface area contributed by atoms with E-state index in [4.69, 9.17) is 18.9 Å². The van der Waals surface area contributed by atoms with Crippen LogP contribution in [0.4, 0.5) is 5.13 Å². The maximum atomic E-state index is 12.6. The number of carbonyl (C=O) groups is 1. The van der Waals surface area contributed by atoms with Crippen LogP contribution in [0.2, 0.25) is 0 Å². The van der Waals surface area contributed by atoms with Gasteiger partial charge in [-0.25, -0.2) is 4.98 Å². The van der Waals surface area contributed by atoms with Crippen LogP contribution in [0.3, 0.4) is 0 Å². The number of nitrogens with zero attached hydrogens (tertiary/aromatic N) is 3. The van der Waals surface area contributed by atoms with Crippen LogP contribution in [-0.4, -0.2) is 42.6 Å². The van der Waals surface area contributed by atoms with E-state index in [2.05, 4.69) is 21.8 Å². The number of nitrogens with one attached hydrogen (secondary N) is 1. The quantitative estimate of drug-likeness (QED) is 0.286. The number of methoxy groups -OCH3 is 2. The van der Waals surface area contributed by atoms with Gasteiger partial charge in [-0.2, -0.15) is 4.37 Å². The van der Waals surface area contributed by atoms with Gasteiger partial charge in [0.1, 0.15) is 11.6 Å². The average molecular weight is 507 g/mol. The monoisotopic (exact) mass is 506 g/mol. The highest BCUT2D eigenvalue weighted by atomic mass is 32.1. The highest BCUT2D eigenvalue weighted by Crippen LogP contribution is 2.27. The molecule has 0 atom stereocenters. The fourth-order valence-electron chi connectivity index (χ4n) is 3.76. The summed E-state index contributed by atoms with van der Waals surface area (Å²) in [6, 6.07) is 19.7. The average Bonchev–Trinajstić information content (AvgIpc) is 3.59. The van der Waals surface area contributed by atoms with Gasteiger partial charge in [-0.1, -0.05) is 36.4 Å². The molecule has 8 nitrogen and oxygen atoms in total. The Morgan fingerprint density at radius 2 is 1.86 bits per heavy atom. The highest BCUT2D eigenvalue weighted by molar-refractivity contribution is 7.09. The minimum atomic E-state index is -0.0195. The lowest BCUT2D eigenvalue weighted by molar-refractivity contribution is -0.120. The second kappa shape index (κ2) is 12.7. The van der Waals surface area contributed by atoms with Crippen LogP contribution >= 0.6 is 11.5 Å². The Morgan fingerprint density at radius 1 is 1.03 bits per heavy atom. The fourth-order valence-corrected chi connectivity index (χ4v) is 4.47. The largest absolute Gasteiger partial charge is 0.493 e. The summed E-state index contributed by atoms with van der Waals surface area (Å²) in [5.41, 5.74) is 2.22. The molecule has 188 valence electrons. The van der Waals surface area contributed by atoms with Gasteiger partial charge < -0.3 is 24.1 Å². The van der Waals surface area contributed by atoms with Crippen molar-refractivity contribution in [1.82, 2.24) is 14.7 Å². The topological polar surface area (TPSA) is 89.7 Å². The van der Waals surface area contributed by atoms with E-state index in [-0.39, 0.29) is 5.91 Å². The molecule has 0 aliphatic rings. The first-order valence-electron chi connectivity index (χ1n) is 11.8. The van der Waals surface area contributed by atoms with E-state index < -0.39 is 0 Å². The molecule has 0 aliphatic heterocycles. The zero-order valence-electron chi connectivity index (χ0n) is 20.5. The molecule has 4 aromatic rings. The summed E-state index contributed by atoms with van der Waals surface area (Å²) in [6.07, 6.45) is 3.35. The molecule has 0 spiro atoms. The van der Waals surface area contributed by atoms with Gasteiger partial charge in [-0.05, 0) is 41.8 Å². The Balaban J connectivity index is 1.32. The lowest BCUT2D eigenvalue weighted by Crippen LogP contribution is -2.31.